The Bertz CT molecular complexity index is 467. The highest BCUT2D eigenvalue weighted by Crippen LogP contribution is 2.35. The van der Waals surface area contributed by atoms with Crippen LogP contribution in [0.15, 0.2) is 25.2 Å². The minimum atomic E-state index is -0.138. The second kappa shape index (κ2) is 5.31. The van der Waals surface area contributed by atoms with Crippen LogP contribution in [-0.2, 0) is 0 Å². The number of hydrogen-bond donors (Lipinski definition) is 3. The highest BCUT2D eigenvalue weighted by molar-refractivity contribution is 9.11. The number of nitrogens with zero attached hydrogens (tertiary/aromatic N) is 2. The average Bonchev–Trinajstić information content (AvgIpc) is 2.22. The summed E-state index contributed by atoms with van der Waals surface area (Å²) in [6.07, 6.45) is 1.37. The molecule has 5 nitrogen and oxygen atoms in total. The normalized spacial score (nSPS) is 10.7. The first-order valence-corrected chi connectivity index (χ1v) is 5.81. The molecule has 0 aliphatic carbocycles. The minimum Gasteiger partial charge on any atom is -0.506 e. The Kier molecular flexibility index (Phi) is 4.31. The maximum atomic E-state index is 9.80. The monoisotopic (exact) mass is 348 g/mol. The number of guanidine groups is 1. The van der Waals surface area contributed by atoms with Gasteiger partial charge in [0.05, 0.1) is 10.7 Å². The first-order chi connectivity index (χ1) is 7.43. The minimum absolute atomic E-state index is 0.0928. The molecular formula is C9H10Br2N4O. The van der Waals surface area contributed by atoms with Crippen LogP contribution in [0.1, 0.15) is 11.1 Å². The molecule has 1 aromatic carbocycles. The van der Waals surface area contributed by atoms with E-state index in [1.165, 1.54) is 6.21 Å². The van der Waals surface area contributed by atoms with Crippen molar-refractivity contribution in [3.63, 3.8) is 0 Å². The molecule has 0 heterocycles. The molecule has 0 unspecified atom stereocenters. The molecule has 0 aromatic heterocycles. The topological polar surface area (TPSA) is 97.0 Å². The molecule has 0 aliphatic heterocycles. The van der Waals surface area contributed by atoms with E-state index >= 15 is 0 Å². The quantitative estimate of drug-likeness (QED) is 0.431. The number of hydrogen-bond acceptors (Lipinski definition) is 3. The lowest BCUT2D eigenvalue weighted by atomic mass is 10.1. The van der Waals surface area contributed by atoms with E-state index in [0.717, 1.165) is 10.0 Å². The summed E-state index contributed by atoms with van der Waals surface area (Å²) in [5.41, 5.74) is 11.6. The van der Waals surface area contributed by atoms with Crippen molar-refractivity contribution in [2.24, 2.45) is 21.7 Å². The van der Waals surface area contributed by atoms with E-state index in [4.69, 9.17) is 11.5 Å². The second-order valence-electron chi connectivity index (χ2n) is 3.00. The Labute approximate surface area is 109 Å². The van der Waals surface area contributed by atoms with Crippen LogP contribution in [0, 0.1) is 6.92 Å². The fraction of sp³-hybridized carbons (Fsp3) is 0.111. The third kappa shape index (κ3) is 2.96. The second-order valence-corrected chi connectivity index (χ2v) is 4.65. The van der Waals surface area contributed by atoms with Crippen molar-refractivity contribution in [1.29, 1.82) is 0 Å². The zero-order valence-corrected chi connectivity index (χ0v) is 11.6. The van der Waals surface area contributed by atoms with Crippen LogP contribution < -0.4 is 11.5 Å². The summed E-state index contributed by atoms with van der Waals surface area (Å²) in [5, 5.41) is 16.9. The summed E-state index contributed by atoms with van der Waals surface area (Å²) in [5.74, 6) is -0.0452. The van der Waals surface area contributed by atoms with Crippen molar-refractivity contribution < 1.29 is 5.11 Å². The van der Waals surface area contributed by atoms with Crippen LogP contribution in [0.5, 0.6) is 5.75 Å². The Balaban J connectivity index is 3.16. The highest BCUT2D eigenvalue weighted by atomic mass is 79.9. The Morgan fingerprint density at radius 1 is 1.44 bits per heavy atom. The van der Waals surface area contributed by atoms with Gasteiger partial charge in [-0.3, -0.25) is 0 Å². The van der Waals surface area contributed by atoms with Crippen LogP contribution in [0.3, 0.4) is 0 Å². The van der Waals surface area contributed by atoms with Gasteiger partial charge in [-0.2, -0.15) is 5.10 Å². The van der Waals surface area contributed by atoms with Crippen LogP contribution in [0.25, 0.3) is 0 Å². The van der Waals surface area contributed by atoms with Gasteiger partial charge in [0.15, 0.2) is 0 Å². The molecule has 5 N–H and O–H groups in total. The summed E-state index contributed by atoms with van der Waals surface area (Å²) in [4.78, 5) is 0. The van der Waals surface area contributed by atoms with Gasteiger partial charge in [0, 0.05) is 10.0 Å². The van der Waals surface area contributed by atoms with Crippen LogP contribution in [0.2, 0.25) is 0 Å². The van der Waals surface area contributed by atoms with Crippen molar-refractivity contribution in [2.75, 3.05) is 0 Å². The summed E-state index contributed by atoms with van der Waals surface area (Å²) in [6, 6.07) is 1.72. The van der Waals surface area contributed by atoms with E-state index in [-0.39, 0.29) is 11.7 Å². The van der Waals surface area contributed by atoms with Gasteiger partial charge in [0.2, 0.25) is 5.96 Å². The van der Waals surface area contributed by atoms with Gasteiger partial charge in [0.1, 0.15) is 5.75 Å². The van der Waals surface area contributed by atoms with E-state index in [1.807, 2.05) is 6.92 Å². The van der Waals surface area contributed by atoms with E-state index in [9.17, 15) is 5.11 Å². The standard InChI is InChI=1S/C9H10Br2N4O/c1-4-6(10)2-5(8(16)7(4)11)3-14-15-9(12)13/h2-3,16H,1H3,(H4,12,13,15). The highest BCUT2D eigenvalue weighted by Gasteiger charge is 2.10. The zero-order chi connectivity index (χ0) is 12.3. The van der Waals surface area contributed by atoms with Crippen molar-refractivity contribution in [3.8, 4) is 5.75 Å². The third-order valence-corrected chi connectivity index (χ3v) is 3.62. The molecule has 0 radical (unpaired) electrons. The zero-order valence-electron chi connectivity index (χ0n) is 8.41. The first-order valence-electron chi connectivity index (χ1n) is 4.23. The molecule has 1 rings (SSSR count). The van der Waals surface area contributed by atoms with Crippen molar-refractivity contribution in [2.45, 2.75) is 6.92 Å². The lowest BCUT2D eigenvalue weighted by Crippen LogP contribution is -2.21. The maximum Gasteiger partial charge on any atom is 0.211 e. The average molecular weight is 350 g/mol. The SMILES string of the molecule is Cc1c(Br)cc(C=NN=C(N)N)c(O)c1Br. The van der Waals surface area contributed by atoms with Gasteiger partial charge in [-0.05, 0) is 34.5 Å². The molecule has 0 spiro atoms. The molecule has 0 fully saturated rings. The molecule has 0 aliphatic rings. The summed E-state index contributed by atoms with van der Waals surface area (Å²) < 4.78 is 1.45. The van der Waals surface area contributed by atoms with Crippen LogP contribution >= 0.6 is 31.9 Å². The van der Waals surface area contributed by atoms with Crippen molar-refractivity contribution in [1.82, 2.24) is 0 Å². The number of aromatic hydroxyl groups is 1. The fourth-order valence-corrected chi connectivity index (χ4v) is 2.13. The van der Waals surface area contributed by atoms with Gasteiger partial charge in [-0.25, -0.2) is 0 Å². The maximum absolute atomic E-state index is 9.80. The van der Waals surface area contributed by atoms with Gasteiger partial charge in [0.25, 0.3) is 0 Å². The van der Waals surface area contributed by atoms with E-state index in [0.29, 0.717) is 10.0 Å². The predicted octanol–water partition coefficient (Wildman–Crippen LogP) is 1.83. The van der Waals surface area contributed by atoms with Gasteiger partial charge < -0.3 is 16.6 Å². The molecule has 0 saturated carbocycles. The molecule has 16 heavy (non-hydrogen) atoms. The van der Waals surface area contributed by atoms with Gasteiger partial charge in [-0.1, -0.05) is 15.9 Å². The Morgan fingerprint density at radius 2 is 2.06 bits per heavy atom. The molecule has 0 saturated heterocycles. The molecule has 7 heteroatoms. The smallest absolute Gasteiger partial charge is 0.211 e. The van der Waals surface area contributed by atoms with Gasteiger partial charge in [-0.15, -0.1) is 5.10 Å². The Morgan fingerprint density at radius 3 is 2.62 bits per heavy atom. The number of benzene rings is 1. The first kappa shape index (κ1) is 13.0. The predicted molar refractivity (Wildman–Crippen MR) is 71.6 cm³/mol. The molecule has 0 atom stereocenters. The van der Waals surface area contributed by atoms with Crippen LogP contribution in [-0.4, -0.2) is 17.3 Å². The number of nitrogens with two attached hydrogens (primary N) is 2. The van der Waals surface area contributed by atoms with Crippen molar-refractivity contribution in [3.05, 3.63) is 26.1 Å². The number of halogens is 2. The largest absolute Gasteiger partial charge is 0.506 e. The van der Waals surface area contributed by atoms with E-state index < -0.39 is 0 Å². The summed E-state index contributed by atoms with van der Waals surface area (Å²) in [7, 11) is 0. The molecule has 0 bridgehead atoms. The molecule has 1 aromatic rings. The van der Waals surface area contributed by atoms with E-state index in [1.54, 1.807) is 6.07 Å². The molecular weight excluding hydrogens is 340 g/mol. The third-order valence-electron chi connectivity index (χ3n) is 1.82. The number of phenolic OH excluding ortho intramolecular Hbond substituents is 1. The van der Waals surface area contributed by atoms with Crippen molar-refractivity contribution >= 4 is 44.0 Å². The van der Waals surface area contributed by atoms with Crippen LogP contribution in [0.4, 0.5) is 0 Å². The number of rotatable bonds is 2. The number of phenols is 1. The molecule has 86 valence electrons. The van der Waals surface area contributed by atoms with E-state index in [2.05, 4.69) is 42.1 Å². The van der Waals surface area contributed by atoms with Gasteiger partial charge >= 0.3 is 0 Å². The summed E-state index contributed by atoms with van der Waals surface area (Å²) >= 11 is 6.64. The molecule has 0 amide bonds. The lowest BCUT2D eigenvalue weighted by molar-refractivity contribution is 0.470. The lowest BCUT2D eigenvalue weighted by Gasteiger charge is -2.06. The fourth-order valence-electron chi connectivity index (χ4n) is 0.978. The Hall–Kier alpha value is -1.08. The summed E-state index contributed by atoms with van der Waals surface area (Å²) in [6.45, 7) is 1.87.